The summed E-state index contributed by atoms with van der Waals surface area (Å²) in [6, 6.07) is 16.1. The number of piperazine rings is 1. The number of rotatable bonds is 7. The van der Waals surface area contributed by atoms with Gasteiger partial charge >= 0.3 is 0 Å². The van der Waals surface area contributed by atoms with E-state index in [0.29, 0.717) is 26.2 Å². The predicted molar refractivity (Wildman–Crippen MR) is 149 cm³/mol. The first-order valence-corrected chi connectivity index (χ1v) is 13.2. The molecule has 0 saturated carbocycles. The van der Waals surface area contributed by atoms with Gasteiger partial charge in [0.1, 0.15) is 17.5 Å². The molecule has 1 amide bonds. The van der Waals surface area contributed by atoms with E-state index in [1.54, 1.807) is 22.9 Å². The maximum atomic E-state index is 13.6. The van der Waals surface area contributed by atoms with Gasteiger partial charge in [-0.3, -0.25) is 4.79 Å². The van der Waals surface area contributed by atoms with Gasteiger partial charge in [0, 0.05) is 38.2 Å². The van der Waals surface area contributed by atoms with Gasteiger partial charge in [-0.05, 0) is 49.2 Å². The summed E-state index contributed by atoms with van der Waals surface area (Å²) in [6.07, 6.45) is 5.52. The fourth-order valence-electron chi connectivity index (χ4n) is 4.93. The van der Waals surface area contributed by atoms with Crippen molar-refractivity contribution in [2.45, 2.75) is 39.5 Å². The molecule has 4 aromatic rings. The summed E-state index contributed by atoms with van der Waals surface area (Å²) in [7, 11) is 0. The molecule has 3 heterocycles. The Kier molecular flexibility index (Phi) is 7.49. The second kappa shape index (κ2) is 11.1. The highest BCUT2D eigenvalue weighted by Crippen LogP contribution is 2.32. The quantitative estimate of drug-likeness (QED) is 0.305. The molecule has 5 rings (SSSR count). The van der Waals surface area contributed by atoms with E-state index in [9.17, 15) is 9.18 Å². The highest BCUT2D eigenvalue weighted by atomic mass is 19.1. The smallest absolute Gasteiger partial charge is 0.246 e. The number of amides is 1. The molecule has 38 heavy (non-hydrogen) atoms. The summed E-state index contributed by atoms with van der Waals surface area (Å²) in [6.45, 7) is 8.81. The van der Waals surface area contributed by atoms with Crippen molar-refractivity contribution in [2.24, 2.45) is 0 Å². The Balaban J connectivity index is 1.44. The molecule has 0 bridgehead atoms. The molecule has 0 spiro atoms. The first kappa shape index (κ1) is 25.6. The molecule has 0 radical (unpaired) electrons. The van der Waals surface area contributed by atoms with Crippen LogP contribution in [0, 0.1) is 12.7 Å². The topological polar surface area (TPSA) is 67.2 Å². The second-order valence-corrected chi connectivity index (χ2v) is 9.82. The van der Waals surface area contributed by atoms with Crippen LogP contribution in [0.1, 0.15) is 49.7 Å². The number of carbonyl (C=O) groups is 1. The van der Waals surface area contributed by atoms with E-state index in [4.69, 9.17) is 15.1 Å². The van der Waals surface area contributed by atoms with Crippen molar-refractivity contribution in [3.8, 4) is 5.69 Å². The first-order valence-electron chi connectivity index (χ1n) is 13.2. The summed E-state index contributed by atoms with van der Waals surface area (Å²) in [5, 5.41) is 5.67. The molecule has 2 aromatic heterocycles. The van der Waals surface area contributed by atoms with Gasteiger partial charge in [-0.1, -0.05) is 50.6 Å². The van der Waals surface area contributed by atoms with Crippen molar-refractivity contribution in [2.75, 3.05) is 31.1 Å². The zero-order chi connectivity index (χ0) is 26.6. The van der Waals surface area contributed by atoms with E-state index in [1.165, 1.54) is 12.1 Å². The lowest BCUT2D eigenvalue weighted by Gasteiger charge is -2.35. The third-order valence-corrected chi connectivity index (χ3v) is 7.04. The van der Waals surface area contributed by atoms with Gasteiger partial charge in [0.25, 0.3) is 0 Å². The normalized spacial score (nSPS) is 14.9. The van der Waals surface area contributed by atoms with Crippen LogP contribution in [0.3, 0.4) is 0 Å². The highest BCUT2D eigenvalue weighted by molar-refractivity contribution is 5.93. The molecule has 0 unspecified atom stereocenters. The molecule has 0 aliphatic carbocycles. The van der Waals surface area contributed by atoms with E-state index in [2.05, 4.69) is 18.7 Å². The van der Waals surface area contributed by atoms with Crippen molar-refractivity contribution in [1.29, 1.82) is 0 Å². The largest absolute Gasteiger partial charge is 0.352 e. The average molecular weight is 513 g/mol. The number of aromatic nitrogens is 4. The Hall–Kier alpha value is -4.07. The molecular formula is C30H33FN6O. The van der Waals surface area contributed by atoms with Crippen molar-refractivity contribution in [3.63, 3.8) is 0 Å². The van der Waals surface area contributed by atoms with Crippen molar-refractivity contribution in [3.05, 3.63) is 83.6 Å². The van der Waals surface area contributed by atoms with E-state index in [1.807, 2.05) is 48.2 Å². The van der Waals surface area contributed by atoms with Gasteiger partial charge < -0.3 is 9.80 Å². The number of halogens is 1. The second-order valence-electron chi connectivity index (χ2n) is 9.82. The van der Waals surface area contributed by atoms with E-state index in [0.717, 1.165) is 52.5 Å². The van der Waals surface area contributed by atoms with Crippen LogP contribution in [-0.2, 0) is 4.79 Å². The number of fused-ring (bicyclic) bond motifs is 1. The molecule has 1 saturated heterocycles. The van der Waals surface area contributed by atoms with Crippen molar-refractivity contribution >= 4 is 28.8 Å². The minimum atomic E-state index is -0.291. The van der Waals surface area contributed by atoms with Crippen LogP contribution in [0.2, 0.25) is 0 Å². The Labute approximate surface area is 222 Å². The number of benzene rings is 2. The number of aryl methyl sites for hydroxylation is 1. The molecule has 0 N–H and O–H groups in total. The lowest BCUT2D eigenvalue weighted by atomic mass is 10.1. The van der Waals surface area contributed by atoms with Gasteiger partial charge in [0.15, 0.2) is 5.65 Å². The summed E-state index contributed by atoms with van der Waals surface area (Å²) in [4.78, 5) is 27.0. The van der Waals surface area contributed by atoms with E-state index in [-0.39, 0.29) is 17.6 Å². The molecule has 1 aliphatic heterocycles. The molecule has 8 heteroatoms. The van der Waals surface area contributed by atoms with Crippen LogP contribution in [0.4, 0.5) is 10.2 Å². The minimum Gasteiger partial charge on any atom is -0.352 e. The lowest BCUT2D eigenvalue weighted by molar-refractivity contribution is -0.126. The fourth-order valence-corrected chi connectivity index (χ4v) is 4.93. The van der Waals surface area contributed by atoms with Crippen LogP contribution in [0.5, 0.6) is 0 Å². The number of anilines is 1. The third kappa shape index (κ3) is 5.30. The number of hydrogen-bond acceptors (Lipinski definition) is 5. The van der Waals surface area contributed by atoms with Crippen molar-refractivity contribution in [1.82, 2.24) is 24.6 Å². The summed E-state index contributed by atoms with van der Waals surface area (Å²) < 4.78 is 15.4. The maximum absolute atomic E-state index is 13.6. The predicted octanol–water partition coefficient (Wildman–Crippen LogP) is 5.53. The Bertz CT molecular complexity index is 1440. The fraction of sp³-hybridized carbons (Fsp3) is 0.333. The van der Waals surface area contributed by atoms with Gasteiger partial charge in [-0.2, -0.15) is 5.10 Å². The lowest BCUT2D eigenvalue weighted by Crippen LogP contribution is -2.48. The first-order chi connectivity index (χ1) is 18.4. The standard InChI is InChI=1S/C30H33FN6O/c1-4-8-21(2)28-32-29(27-22(3)34-37(30(27)33-28)25-14-12-24(31)13-15-25)36-19-17-35(18-20-36)26(38)16-11-23-9-6-5-7-10-23/h5-7,9-16,21H,4,8,17-20H2,1-3H3/b16-11+/t21-/m0/s1. The summed E-state index contributed by atoms with van der Waals surface area (Å²) in [5.74, 6) is 1.54. The van der Waals surface area contributed by atoms with Gasteiger partial charge in [0.2, 0.25) is 5.91 Å². The van der Waals surface area contributed by atoms with Crippen LogP contribution in [0.15, 0.2) is 60.7 Å². The van der Waals surface area contributed by atoms with E-state index < -0.39 is 0 Å². The highest BCUT2D eigenvalue weighted by Gasteiger charge is 2.26. The number of hydrogen-bond donors (Lipinski definition) is 0. The summed E-state index contributed by atoms with van der Waals surface area (Å²) in [5.41, 5.74) is 3.30. The van der Waals surface area contributed by atoms with Crippen LogP contribution in [0.25, 0.3) is 22.8 Å². The molecule has 2 aromatic carbocycles. The van der Waals surface area contributed by atoms with Crippen molar-refractivity contribution < 1.29 is 9.18 Å². The van der Waals surface area contributed by atoms with Gasteiger partial charge in [-0.25, -0.2) is 19.0 Å². The zero-order valence-corrected chi connectivity index (χ0v) is 22.1. The molecule has 7 nitrogen and oxygen atoms in total. The number of carbonyl (C=O) groups excluding carboxylic acids is 1. The van der Waals surface area contributed by atoms with Crippen LogP contribution >= 0.6 is 0 Å². The Morgan fingerprint density at radius 1 is 1.03 bits per heavy atom. The molecule has 1 atom stereocenters. The van der Waals surface area contributed by atoms with E-state index >= 15 is 0 Å². The Morgan fingerprint density at radius 3 is 2.42 bits per heavy atom. The average Bonchev–Trinajstić information content (AvgIpc) is 3.28. The number of nitrogens with zero attached hydrogens (tertiary/aromatic N) is 6. The zero-order valence-electron chi connectivity index (χ0n) is 22.1. The maximum Gasteiger partial charge on any atom is 0.246 e. The molecular weight excluding hydrogens is 479 g/mol. The van der Waals surface area contributed by atoms with Gasteiger partial charge in [0.05, 0.1) is 16.8 Å². The molecule has 196 valence electrons. The molecule has 1 fully saturated rings. The Morgan fingerprint density at radius 2 is 1.74 bits per heavy atom. The third-order valence-electron chi connectivity index (χ3n) is 7.04. The molecule has 1 aliphatic rings. The van der Waals surface area contributed by atoms with Gasteiger partial charge in [-0.15, -0.1) is 0 Å². The minimum absolute atomic E-state index is 0.0129. The van der Waals surface area contributed by atoms with Crippen LogP contribution in [-0.4, -0.2) is 56.7 Å². The summed E-state index contributed by atoms with van der Waals surface area (Å²) >= 11 is 0. The SMILES string of the molecule is CCC[C@H](C)c1nc(N2CCN(C(=O)/C=C/c3ccccc3)CC2)c2c(C)nn(-c3ccc(F)cc3)c2n1. The van der Waals surface area contributed by atoms with Crippen LogP contribution < -0.4 is 4.90 Å². The monoisotopic (exact) mass is 512 g/mol.